The van der Waals surface area contributed by atoms with Gasteiger partial charge >= 0.3 is 0 Å². The molecule has 3 N–H and O–H groups in total. The van der Waals surface area contributed by atoms with Crippen molar-refractivity contribution in [2.75, 3.05) is 0 Å². The number of benzene rings is 1. The third-order valence-electron chi connectivity index (χ3n) is 5.34. The van der Waals surface area contributed by atoms with Gasteiger partial charge in [-0.2, -0.15) is 15.4 Å². The van der Waals surface area contributed by atoms with E-state index in [2.05, 4.69) is 30.9 Å². The number of rotatable bonds is 4. The first kappa shape index (κ1) is 16.2. The predicted molar refractivity (Wildman–Crippen MR) is 98.1 cm³/mol. The molecule has 2 atom stereocenters. The van der Waals surface area contributed by atoms with E-state index in [1.807, 2.05) is 18.2 Å². The Kier molecular flexibility index (Phi) is 3.97. The minimum absolute atomic E-state index is 0.119. The van der Waals surface area contributed by atoms with Crippen LogP contribution in [0.5, 0.6) is 11.6 Å². The number of phenolic OH excluding ortho intramolecular Hbond substituents is 1. The topological polar surface area (TPSA) is 109 Å². The van der Waals surface area contributed by atoms with Gasteiger partial charge in [0.15, 0.2) is 0 Å². The number of aromatic nitrogens is 5. The highest BCUT2D eigenvalue weighted by molar-refractivity contribution is 5.72. The number of aromatic amines is 1. The second kappa shape index (κ2) is 6.62. The second-order valence-corrected chi connectivity index (χ2v) is 7.19. The summed E-state index contributed by atoms with van der Waals surface area (Å²) < 4.78 is 6.03. The molecule has 2 saturated heterocycles. The van der Waals surface area contributed by atoms with Crippen LogP contribution in [0.25, 0.3) is 22.5 Å². The Labute approximate surface area is 156 Å². The van der Waals surface area contributed by atoms with Crippen LogP contribution in [-0.2, 0) is 0 Å². The van der Waals surface area contributed by atoms with E-state index in [4.69, 9.17) is 4.74 Å². The molecule has 0 aliphatic carbocycles. The van der Waals surface area contributed by atoms with Crippen LogP contribution in [0, 0.1) is 0 Å². The summed E-state index contributed by atoms with van der Waals surface area (Å²) in [4.78, 5) is 0. The number of nitrogens with zero attached hydrogens (tertiary/aromatic N) is 4. The fourth-order valence-corrected chi connectivity index (χ4v) is 4.05. The molecule has 1 aromatic carbocycles. The molecule has 2 aliphatic heterocycles. The van der Waals surface area contributed by atoms with Crippen molar-refractivity contribution in [3.63, 3.8) is 0 Å². The first-order chi connectivity index (χ1) is 13.2. The minimum Gasteiger partial charge on any atom is -0.507 e. The minimum atomic E-state index is 0.119. The van der Waals surface area contributed by atoms with Gasteiger partial charge in [-0.05, 0) is 43.9 Å². The zero-order chi connectivity index (χ0) is 18.2. The summed E-state index contributed by atoms with van der Waals surface area (Å²) in [7, 11) is 0. The molecule has 27 heavy (non-hydrogen) atoms. The van der Waals surface area contributed by atoms with Gasteiger partial charge in [-0.25, -0.2) is 0 Å². The van der Waals surface area contributed by atoms with Crippen LogP contribution >= 0.6 is 0 Å². The van der Waals surface area contributed by atoms with Crippen molar-refractivity contribution in [1.82, 2.24) is 30.9 Å². The molecule has 3 aromatic rings. The molecule has 8 nitrogen and oxygen atoms in total. The molecule has 2 bridgehead atoms. The standard InChI is InChI=1S/C19H20N6O2/c26-18-7-11(17-10-20-25-23-17)1-4-15(18)16-5-6-19(24-22-16)27-14-8-12-2-3-13(9-14)21-12/h1,4-7,10,12-14,21,26H,2-3,8-9H2,(H,20,23,25). The quantitative estimate of drug-likeness (QED) is 0.652. The van der Waals surface area contributed by atoms with E-state index in [1.165, 1.54) is 12.8 Å². The van der Waals surface area contributed by atoms with Crippen LogP contribution in [0.3, 0.4) is 0 Å². The lowest BCUT2D eigenvalue weighted by Gasteiger charge is -2.28. The van der Waals surface area contributed by atoms with E-state index in [0.29, 0.717) is 34.9 Å². The summed E-state index contributed by atoms with van der Waals surface area (Å²) >= 11 is 0. The average molecular weight is 364 g/mol. The fraction of sp³-hybridized carbons (Fsp3) is 0.368. The number of hydrogen-bond acceptors (Lipinski definition) is 7. The Morgan fingerprint density at radius 2 is 1.85 bits per heavy atom. The summed E-state index contributed by atoms with van der Waals surface area (Å²) in [6.45, 7) is 0. The van der Waals surface area contributed by atoms with Gasteiger partial charge in [0.05, 0.1) is 11.9 Å². The van der Waals surface area contributed by atoms with E-state index >= 15 is 0 Å². The zero-order valence-electron chi connectivity index (χ0n) is 14.7. The molecule has 2 unspecified atom stereocenters. The molecule has 0 spiro atoms. The van der Waals surface area contributed by atoms with Crippen LogP contribution in [0.15, 0.2) is 36.5 Å². The molecular formula is C19H20N6O2. The number of aromatic hydroxyl groups is 1. The first-order valence-corrected chi connectivity index (χ1v) is 9.20. The van der Waals surface area contributed by atoms with Gasteiger partial charge < -0.3 is 15.2 Å². The Hall–Kier alpha value is -3.00. The summed E-state index contributed by atoms with van der Waals surface area (Å²) in [6.07, 6.45) is 6.30. The first-order valence-electron chi connectivity index (χ1n) is 9.20. The van der Waals surface area contributed by atoms with E-state index in [0.717, 1.165) is 18.4 Å². The maximum Gasteiger partial charge on any atom is 0.233 e. The average Bonchev–Trinajstić information content (AvgIpc) is 3.32. The highest BCUT2D eigenvalue weighted by Crippen LogP contribution is 2.32. The van der Waals surface area contributed by atoms with E-state index < -0.39 is 0 Å². The SMILES string of the molecule is Oc1cc(-c2cn[nH]n2)ccc1-c1ccc(OC2CC3CCC(C2)N3)nn1. The Morgan fingerprint density at radius 3 is 2.52 bits per heavy atom. The Bertz CT molecular complexity index is 916. The van der Waals surface area contributed by atoms with Crippen molar-refractivity contribution in [1.29, 1.82) is 0 Å². The Morgan fingerprint density at radius 1 is 1.00 bits per heavy atom. The van der Waals surface area contributed by atoms with Gasteiger partial charge in [-0.15, -0.1) is 10.2 Å². The maximum absolute atomic E-state index is 10.4. The van der Waals surface area contributed by atoms with E-state index in [9.17, 15) is 5.11 Å². The van der Waals surface area contributed by atoms with Gasteiger partial charge in [-0.1, -0.05) is 6.07 Å². The van der Waals surface area contributed by atoms with Crippen molar-refractivity contribution in [3.8, 4) is 34.1 Å². The largest absolute Gasteiger partial charge is 0.507 e. The summed E-state index contributed by atoms with van der Waals surface area (Å²) in [6, 6.07) is 10.1. The Balaban J connectivity index is 1.31. The molecule has 5 rings (SSSR count). The van der Waals surface area contributed by atoms with Crippen LogP contribution in [0.4, 0.5) is 0 Å². The smallest absolute Gasteiger partial charge is 0.233 e. The lowest BCUT2D eigenvalue weighted by Crippen LogP contribution is -2.42. The predicted octanol–water partition coefficient (Wildman–Crippen LogP) is 2.30. The third kappa shape index (κ3) is 3.23. The maximum atomic E-state index is 10.4. The number of fused-ring (bicyclic) bond motifs is 2. The van der Waals surface area contributed by atoms with Crippen LogP contribution < -0.4 is 10.1 Å². The van der Waals surface area contributed by atoms with Crippen molar-refractivity contribution < 1.29 is 9.84 Å². The molecule has 2 aromatic heterocycles. The highest BCUT2D eigenvalue weighted by Gasteiger charge is 2.34. The van der Waals surface area contributed by atoms with Crippen LogP contribution in [0.2, 0.25) is 0 Å². The van der Waals surface area contributed by atoms with E-state index in [-0.39, 0.29) is 11.9 Å². The molecule has 0 radical (unpaired) electrons. The number of H-pyrrole nitrogens is 1. The number of hydrogen-bond donors (Lipinski definition) is 3. The number of piperidine rings is 1. The third-order valence-corrected chi connectivity index (χ3v) is 5.34. The summed E-state index contributed by atoms with van der Waals surface area (Å²) in [5.74, 6) is 0.650. The number of phenols is 1. The van der Waals surface area contributed by atoms with Gasteiger partial charge in [0.25, 0.3) is 0 Å². The van der Waals surface area contributed by atoms with Crippen molar-refractivity contribution in [2.45, 2.75) is 43.9 Å². The molecule has 0 saturated carbocycles. The normalized spacial score (nSPS) is 24.1. The summed E-state index contributed by atoms with van der Waals surface area (Å²) in [5, 5.41) is 32.8. The highest BCUT2D eigenvalue weighted by atomic mass is 16.5. The fourth-order valence-electron chi connectivity index (χ4n) is 4.05. The molecule has 4 heterocycles. The molecular weight excluding hydrogens is 344 g/mol. The van der Waals surface area contributed by atoms with Crippen molar-refractivity contribution in [3.05, 3.63) is 36.5 Å². The van der Waals surface area contributed by atoms with Crippen molar-refractivity contribution in [2.24, 2.45) is 0 Å². The van der Waals surface area contributed by atoms with Gasteiger partial charge in [0, 0.05) is 29.3 Å². The van der Waals surface area contributed by atoms with Gasteiger partial charge in [0.2, 0.25) is 5.88 Å². The lowest BCUT2D eigenvalue weighted by atomic mass is 10.0. The van der Waals surface area contributed by atoms with Gasteiger partial charge in [0.1, 0.15) is 17.5 Å². The number of nitrogens with one attached hydrogen (secondary N) is 2. The summed E-state index contributed by atoms with van der Waals surface area (Å²) in [5.41, 5.74) is 2.65. The molecule has 8 heteroatoms. The van der Waals surface area contributed by atoms with Gasteiger partial charge in [-0.3, -0.25) is 0 Å². The van der Waals surface area contributed by atoms with Crippen LogP contribution in [0.1, 0.15) is 25.7 Å². The monoisotopic (exact) mass is 364 g/mol. The van der Waals surface area contributed by atoms with Crippen LogP contribution in [-0.4, -0.2) is 48.9 Å². The molecule has 2 aliphatic rings. The zero-order valence-corrected chi connectivity index (χ0v) is 14.7. The molecule has 0 amide bonds. The van der Waals surface area contributed by atoms with E-state index in [1.54, 1.807) is 18.3 Å². The number of ether oxygens (including phenoxy) is 1. The lowest BCUT2D eigenvalue weighted by molar-refractivity contribution is 0.130. The second-order valence-electron chi connectivity index (χ2n) is 7.19. The molecule has 138 valence electrons. The molecule has 2 fully saturated rings. The van der Waals surface area contributed by atoms with Crippen molar-refractivity contribution >= 4 is 0 Å².